The van der Waals surface area contributed by atoms with Gasteiger partial charge in [0.1, 0.15) is 16.5 Å². The molecule has 4 heterocycles. The van der Waals surface area contributed by atoms with Crippen LogP contribution in [0.4, 0.5) is 49.1 Å². The minimum absolute atomic E-state index is 0.0257. The van der Waals surface area contributed by atoms with Crippen molar-refractivity contribution in [3.05, 3.63) is 98.5 Å². The van der Waals surface area contributed by atoms with E-state index in [1.54, 1.807) is 9.44 Å². The summed E-state index contributed by atoms with van der Waals surface area (Å²) >= 11 is 11.8. The third-order valence-electron chi connectivity index (χ3n) is 9.29. The highest BCUT2D eigenvalue weighted by Crippen LogP contribution is 2.32. The Morgan fingerprint density at radius 3 is 1.85 bits per heavy atom. The Bertz CT molecular complexity index is 3730. The number of halogens is 7. The number of hydrogen-bond donors (Lipinski definition) is 5. The average molecular weight is 1240 g/mol. The second-order valence-corrected chi connectivity index (χ2v) is 23.1. The summed E-state index contributed by atoms with van der Waals surface area (Å²) in [5, 5.41) is 7.04. The second-order valence-electron chi connectivity index (χ2n) is 15.1. The zero-order valence-electron chi connectivity index (χ0n) is 41.5. The highest BCUT2D eigenvalue weighted by Gasteiger charge is 2.31. The molecular formula is C40H43Cl2F5N14O14S4. The number of alkyl halides is 5. The number of aryl methyl sites for hydroxylation is 3. The number of aromatic nitrogens is 9. The van der Waals surface area contributed by atoms with Crippen molar-refractivity contribution < 1.29 is 79.4 Å². The second kappa shape index (κ2) is 26.4. The van der Waals surface area contributed by atoms with Gasteiger partial charge in [0.15, 0.2) is 14.9 Å². The van der Waals surface area contributed by atoms with E-state index in [-0.39, 0.29) is 78.6 Å². The predicted octanol–water partition coefficient (Wildman–Crippen LogP) is 4.80. The van der Waals surface area contributed by atoms with Crippen molar-refractivity contribution >= 4 is 92.8 Å². The summed E-state index contributed by atoms with van der Waals surface area (Å²) in [5.74, 6) is -0.799. The fourth-order valence-corrected chi connectivity index (χ4v) is 10.8. The Labute approximate surface area is 455 Å². The third kappa shape index (κ3) is 18.2. The maximum atomic E-state index is 12.8. The molecule has 28 nitrogen and oxygen atoms in total. The first-order chi connectivity index (χ1) is 36.6. The first kappa shape index (κ1) is 63.9. The molecule has 0 atom stereocenters. The summed E-state index contributed by atoms with van der Waals surface area (Å²) in [6.45, 7) is 1.01. The van der Waals surface area contributed by atoms with E-state index in [9.17, 15) is 70.0 Å². The maximum absolute atomic E-state index is 12.8. The van der Waals surface area contributed by atoms with Gasteiger partial charge in [-0.05, 0) is 56.2 Å². The van der Waals surface area contributed by atoms with Gasteiger partial charge in [0.25, 0.3) is 20.0 Å². The van der Waals surface area contributed by atoms with Crippen LogP contribution in [0.2, 0.25) is 10.0 Å². The monoisotopic (exact) mass is 1240 g/mol. The number of sulfone groups is 1. The van der Waals surface area contributed by atoms with Gasteiger partial charge in [-0.3, -0.25) is 15.4 Å². The molecule has 79 heavy (non-hydrogen) atoms. The van der Waals surface area contributed by atoms with Gasteiger partial charge in [-0.15, -0.1) is 5.10 Å². The normalized spacial score (nSPS) is 11.7. The molecule has 2 aromatic carbocycles. The smallest absolute Gasteiger partial charge is 0.389 e. The van der Waals surface area contributed by atoms with Crippen molar-refractivity contribution in [1.29, 1.82) is 0 Å². The number of nitrogens with one attached hydrogen (secondary N) is 5. The fourth-order valence-electron chi connectivity index (χ4n) is 5.93. The van der Waals surface area contributed by atoms with Gasteiger partial charge in [0.05, 0.1) is 65.7 Å². The number of sulfonamides is 3. The summed E-state index contributed by atoms with van der Waals surface area (Å²) < 4.78 is 181. The number of amides is 4. The number of carbonyl (C=O) groups is 2. The lowest BCUT2D eigenvalue weighted by atomic mass is 10.1. The van der Waals surface area contributed by atoms with Crippen LogP contribution in [0.1, 0.15) is 37.1 Å². The van der Waals surface area contributed by atoms with Crippen LogP contribution in [0.25, 0.3) is 5.69 Å². The molecule has 0 aliphatic heterocycles. The molecule has 0 saturated carbocycles. The van der Waals surface area contributed by atoms with Gasteiger partial charge in [0.2, 0.25) is 33.7 Å². The molecule has 4 amide bonds. The van der Waals surface area contributed by atoms with E-state index in [4.69, 9.17) is 37.4 Å². The topological polar surface area (TPSA) is 376 Å². The van der Waals surface area contributed by atoms with Crippen LogP contribution in [0.15, 0.2) is 80.4 Å². The molecule has 0 unspecified atom stereocenters. The number of ether oxygens (including phenoxy) is 3. The highest BCUT2D eigenvalue weighted by atomic mass is 35.5. The van der Waals surface area contributed by atoms with Crippen LogP contribution in [0.5, 0.6) is 17.8 Å². The van der Waals surface area contributed by atoms with Crippen molar-refractivity contribution in [2.45, 2.75) is 61.2 Å². The summed E-state index contributed by atoms with van der Waals surface area (Å²) in [5.41, 5.74) is -1.34. The minimum atomic E-state index is -4.61. The van der Waals surface area contributed by atoms with E-state index in [1.165, 1.54) is 78.5 Å². The van der Waals surface area contributed by atoms with Gasteiger partial charge in [-0.1, -0.05) is 48.3 Å². The first-order valence-electron chi connectivity index (χ1n) is 21.3. The number of nitrogens with zero attached hydrogens (tertiary/aromatic N) is 9. The number of urea groups is 2. The number of benzene rings is 2. The van der Waals surface area contributed by atoms with E-state index >= 15 is 0 Å². The maximum Gasteiger partial charge on any atom is 0.389 e. The lowest BCUT2D eigenvalue weighted by Crippen LogP contribution is -2.36. The summed E-state index contributed by atoms with van der Waals surface area (Å²) in [6, 6.07) is 8.60. The highest BCUT2D eigenvalue weighted by molar-refractivity contribution is 7.94. The van der Waals surface area contributed by atoms with Crippen molar-refractivity contribution in [2.24, 2.45) is 0 Å². The Hall–Kier alpha value is -7.61. The molecule has 0 spiro atoms. The largest absolute Gasteiger partial charge is 0.481 e. The van der Waals surface area contributed by atoms with E-state index in [2.05, 4.69) is 50.4 Å². The zero-order valence-corrected chi connectivity index (χ0v) is 46.3. The van der Waals surface area contributed by atoms with Crippen molar-refractivity contribution in [3.8, 4) is 23.5 Å². The predicted molar refractivity (Wildman–Crippen MR) is 270 cm³/mol. The van der Waals surface area contributed by atoms with E-state index in [1.807, 2.05) is 0 Å². The third-order valence-corrected chi connectivity index (χ3v) is 15.1. The van der Waals surface area contributed by atoms with Crippen molar-refractivity contribution in [1.82, 2.24) is 53.7 Å². The Balaban J connectivity index is 0.000000257. The van der Waals surface area contributed by atoms with Crippen LogP contribution >= 0.6 is 23.2 Å². The van der Waals surface area contributed by atoms with E-state index in [0.29, 0.717) is 4.68 Å². The van der Waals surface area contributed by atoms with Crippen LogP contribution in [0, 0.1) is 13.8 Å². The Kier molecular flexibility index (Phi) is 21.3. The summed E-state index contributed by atoms with van der Waals surface area (Å²) in [6.07, 6.45) is -4.20. The van der Waals surface area contributed by atoms with Crippen LogP contribution in [-0.4, -0.2) is 129 Å². The molecule has 0 bridgehead atoms. The fraction of sp³-hybridized carbons (Fsp3) is 0.300. The molecule has 0 fully saturated rings. The number of carbonyl (C=O) groups excluding carboxylic acids is 2. The lowest BCUT2D eigenvalue weighted by Gasteiger charge is -2.13. The Morgan fingerprint density at radius 2 is 1.32 bits per heavy atom. The Morgan fingerprint density at radius 1 is 0.747 bits per heavy atom. The molecule has 0 aliphatic rings. The van der Waals surface area contributed by atoms with Crippen LogP contribution in [0.3, 0.4) is 0 Å². The number of rotatable bonds is 17. The number of hydrogen-bond acceptors (Lipinski definition) is 21. The number of anilines is 3. The molecule has 430 valence electrons. The summed E-state index contributed by atoms with van der Waals surface area (Å²) in [7, 11) is -12.6. The van der Waals surface area contributed by atoms with Crippen LogP contribution < -0.4 is 44.7 Å². The van der Waals surface area contributed by atoms with Gasteiger partial charge in [-0.2, -0.15) is 60.0 Å². The van der Waals surface area contributed by atoms with Gasteiger partial charge in [-0.25, -0.2) is 58.6 Å². The average Bonchev–Trinajstić information content (AvgIpc) is 3.80. The standard InChI is InChI=1S/C15H16F3N5O4S.C14H17N5O7S2.C11H10Cl2F2N4O3S/c1-9-19-12(22-14(20-9)27-2)21-13(24)23-28(25,26)11-6-4-3-5-10(11)7-8-15(16,17)18;1-4-27(21,22)9-6-5-7-15-12(9)28(23,24)19-14(20)18-13-16-10(25-2)8-11(17-13)26-3;1-5-16-19(11(20)18(5)10(14)15)9-4-8(17-23(2,21)22)6(12)3-7(9)13/h3-6H,7-8H2,1-2H3,(H2,19,20,21,22,23,24);5-8H,4H2,1-3H3,(H2,16,17,18,19,20);3-4,10,17H,1-2H3. The molecular weight excluding hydrogens is 1190 g/mol. The lowest BCUT2D eigenvalue weighted by molar-refractivity contribution is -0.134. The number of pyridine rings is 1. The molecule has 39 heteroatoms. The van der Waals surface area contributed by atoms with Crippen molar-refractivity contribution in [3.63, 3.8) is 0 Å². The molecule has 4 aromatic heterocycles. The van der Waals surface area contributed by atoms with Gasteiger partial charge in [0, 0.05) is 12.6 Å². The van der Waals surface area contributed by atoms with Crippen LogP contribution in [-0.2, 0) is 46.3 Å². The van der Waals surface area contributed by atoms with E-state index in [0.717, 1.165) is 30.7 Å². The summed E-state index contributed by atoms with van der Waals surface area (Å²) in [4.78, 5) is 57.8. The van der Waals surface area contributed by atoms with E-state index < -0.39 is 98.0 Å². The van der Waals surface area contributed by atoms with Gasteiger partial charge < -0.3 is 14.2 Å². The molecule has 0 saturated heterocycles. The molecule has 6 aromatic rings. The quantitative estimate of drug-likeness (QED) is 0.0765. The number of methoxy groups -OCH3 is 3. The molecule has 0 radical (unpaired) electrons. The first-order valence-corrected chi connectivity index (χ1v) is 28.6. The SMILES string of the molecule is CCS(=O)(=O)c1cccnc1S(=O)(=O)NC(=O)Nc1nc(OC)cc(OC)n1.COc1nc(C)nc(NC(=O)NS(=O)(=O)c2ccccc2CCC(F)(F)F)n1.Cc1nn(-c2cc(NS(C)(=O)=O)c(Cl)cc2Cl)c(=O)n1C(F)F. The minimum Gasteiger partial charge on any atom is -0.481 e. The zero-order chi connectivity index (χ0) is 59.4. The molecule has 5 N–H and O–H groups in total. The molecule has 6 rings (SSSR count). The van der Waals surface area contributed by atoms with Gasteiger partial charge >= 0.3 is 36.5 Å². The van der Waals surface area contributed by atoms with Crippen molar-refractivity contribution in [2.75, 3.05) is 48.7 Å². The molecule has 0 aliphatic carbocycles.